The molecule has 0 aliphatic carbocycles. The van der Waals surface area contributed by atoms with Gasteiger partial charge in [-0.05, 0) is 32.6 Å². The van der Waals surface area contributed by atoms with Crippen LogP contribution in [-0.4, -0.2) is 0 Å². The Balaban J connectivity index is 0. The molecule has 0 saturated carbocycles. The van der Waals surface area contributed by atoms with Crippen LogP contribution in [0.1, 0.15) is 72.6 Å². The Labute approximate surface area is 110 Å². The first-order valence-corrected chi connectivity index (χ1v) is 7.08. The Hall–Kier alpha value is -0.780. The van der Waals surface area contributed by atoms with E-state index < -0.39 is 0 Å². The second-order valence-corrected chi connectivity index (χ2v) is 4.44. The fraction of sp³-hybridized carbons (Fsp3) is 0.647. The summed E-state index contributed by atoms with van der Waals surface area (Å²) in [6.07, 6.45) is 8.59. The van der Waals surface area contributed by atoms with E-state index >= 15 is 0 Å². The number of hydrogen-bond donors (Lipinski definition) is 0. The van der Waals surface area contributed by atoms with E-state index in [2.05, 4.69) is 26.7 Å². The molecule has 0 unspecified atom stereocenters. The predicted octanol–water partition coefficient (Wildman–Crippen LogP) is 6.45. The van der Waals surface area contributed by atoms with E-state index in [0.29, 0.717) is 0 Å². The van der Waals surface area contributed by atoms with Crippen molar-refractivity contribution < 1.29 is 0 Å². The Morgan fingerprint density at radius 3 is 1.88 bits per heavy atom. The minimum absolute atomic E-state index is 1.03. The van der Waals surface area contributed by atoms with Gasteiger partial charge in [0.2, 0.25) is 0 Å². The van der Waals surface area contributed by atoms with Crippen LogP contribution in [0, 0.1) is 0 Å². The largest absolute Gasteiger partial charge is 0.0999 e. The SMILES string of the molecule is C=C(CCCCCC)CCC(=C)C(=C)C.CC. The van der Waals surface area contributed by atoms with E-state index in [1.165, 1.54) is 43.3 Å². The van der Waals surface area contributed by atoms with Crippen LogP contribution in [-0.2, 0) is 0 Å². The third-order valence-electron chi connectivity index (χ3n) is 2.77. The summed E-state index contributed by atoms with van der Waals surface area (Å²) in [5.74, 6) is 0. The summed E-state index contributed by atoms with van der Waals surface area (Å²) in [4.78, 5) is 0. The van der Waals surface area contributed by atoms with Crippen LogP contribution >= 0.6 is 0 Å². The van der Waals surface area contributed by atoms with Crippen molar-refractivity contribution >= 4 is 0 Å². The van der Waals surface area contributed by atoms with Gasteiger partial charge in [0, 0.05) is 0 Å². The summed E-state index contributed by atoms with van der Waals surface area (Å²) in [5, 5.41) is 0. The molecule has 0 amide bonds. The van der Waals surface area contributed by atoms with Gasteiger partial charge in [0.15, 0.2) is 0 Å². The maximum absolute atomic E-state index is 4.11. The number of unbranched alkanes of at least 4 members (excludes halogenated alkanes) is 3. The first-order chi connectivity index (χ1) is 8.07. The van der Waals surface area contributed by atoms with Crippen LogP contribution in [0.2, 0.25) is 0 Å². The maximum atomic E-state index is 4.11. The van der Waals surface area contributed by atoms with Crippen LogP contribution in [0.3, 0.4) is 0 Å². The highest BCUT2D eigenvalue weighted by Crippen LogP contribution is 2.18. The smallest absolute Gasteiger partial charge is 0.0245 e. The van der Waals surface area contributed by atoms with Crippen molar-refractivity contribution in [3.8, 4) is 0 Å². The zero-order valence-corrected chi connectivity index (χ0v) is 12.6. The molecule has 17 heavy (non-hydrogen) atoms. The lowest BCUT2D eigenvalue weighted by Gasteiger charge is -2.07. The monoisotopic (exact) mass is 236 g/mol. The second kappa shape index (κ2) is 13.3. The topological polar surface area (TPSA) is 0 Å². The molecule has 0 saturated heterocycles. The normalized spacial score (nSPS) is 9.18. The Morgan fingerprint density at radius 2 is 1.41 bits per heavy atom. The van der Waals surface area contributed by atoms with Gasteiger partial charge in [-0.2, -0.15) is 0 Å². The predicted molar refractivity (Wildman–Crippen MR) is 82.4 cm³/mol. The van der Waals surface area contributed by atoms with Gasteiger partial charge < -0.3 is 0 Å². The Kier molecular flexibility index (Phi) is 14.5. The van der Waals surface area contributed by atoms with E-state index in [-0.39, 0.29) is 0 Å². The van der Waals surface area contributed by atoms with E-state index in [4.69, 9.17) is 0 Å². The maximum Gasteiger partial charge on any atom is -0.0245 e. The average Bonchev–Trinajstić information content (AvgIpc) is 2.34. The molecule has 0 atom stereocenters. The van der Waals surface area contributed by atoms with Crippen molar-refractivity contribution in [3.63, 3.8) is 0 Å². The number of rotatable bonds is 9. The standard InChI is InChI=1S/C15H26.C2H6/c1-6-7-8-9-10-14(4)11-12-15(5)13(2)3;1-2/h2,4-12H2,1,3H3;1-2H3. The van der Waals surface area contributed by atoms with Gasteiger partial charge in [0.05, 0.1) is 0 Å². The third kappa shape index (κ3) is 13.2. The first kappa shape index (κ1) is 18.6. The van der Waals surface area contributed by atoms with Crippen LogP contribution in [0.4, 0.5) is 0 Å². The molecule has 0 aromatic heterocycles. The molecule has 0 aliphatic rings. The van der Waals surface area contributed by atoms with Crippen molar-refractivity contribution in [3.05, 3.63) is 36.5 Å². The molecule has 0 aromatic carbocycles. The number of hydrogen-bond acceptors (Lipinski definition) is 0. The van der Waals surface area contributed by atoms with E-state index in [1.54, 1.807) is 0 Å². The fourth-order valence-corrected chi connectivity index (χ4v) is 1.47. The van der Waals surface area contributed by atoms with Crippen molar-refractivity contribution in [2.75, 3.05) is 0 Å². The molecular weight excluding hydrogens is 204 g/mol. The van der Waals surface area contributed by atoms with Gasteiger partial charge in [-0.1, -0.05) is 76.5 Å². The summed E-state index contributed by atoms with van der Waals surface area (Å²) >= 11 is 0. The molecule has 0 aromatic rings. The lowest BCUT2D eigenvalue weighted by atomic mass is 9.99. The first-order valence-electron chi connectivity index (χ1n) is 7.08. The van der Waals surface area contributed by atoms with Gasteiger partial charge in [-0.15, -0.1) is 0 Å². The summed E-state index contributed by atoms with van der Waals surface area (Å²) in [5.41, 5.74) is 3.65. The molecule has 0 aliphatic heterocycles. The molecule has 0 heteroatoms. The van der Waals surface area contributed by atoms with Crippen LogP contribution < -0.4 is 0 Å². The van der Waals surface area contributed by atoms with E-state index in [9.17, 15) is 0 Å². The van der Waals surface area contributed by atoms with Crippen LogP contribution in [0.25, 0.3) is 0 Å². The van der Waals surface area contributed by atoms with E-state index in [0.717, 1.165) is 18.4 Å². The highest BCUT2D eigenvalue weighted by atomic mass is 14.0. The quantitative estimate of drug-likeness (QED) is 0.245. The minimum Gasteiger partial charge on any atom is -0.0999 e. The van der Waals surface area contributed by atoms with Gasteiger partial charge >= 0.3 is 0 Å². The van der Waals surface area contributed by atoms with Gasteiger partial charge in [0.25, 0.3) is 0 Å². The molecule has 0 spiro atoms. The van der Waals surface area contributed by atoms with Crippen LogP contribution in [0.5, 0.6) is 0 Å². The van der Waals surface area contributed by atoms with Crippen LogP contribution in [0.15, 0.2) is 36.5 Å². The fourth-order valence-electron chi connectivity index (χ4n) is 1.47. The Bertz CT molecular complexity index is 220. The number of allylic oxidation sites excluding steroid dienone is 3. The van der Waals surface area contributed by atoms with Crippen molar-refractivity contribution in [1.82, 2.24) is 0 Å². The third-order valence-corrected chi connectivity index (χ3v) is 2.77. The summed E-state index contributed by atoms with van der Waals surface area (Å²) < 4.78 is 0. The minimum atomic E-state index is 1.03. The second-order valence-electron chi connectivity index (χ2n) is 4.44. The summed E-state index contributed by atoms with van der Waals surface area (Å²) in [6.45, 7) is 20.3. The zero-order valence-electron chi connectivity index (χ0n) is 12.6. The lowest BCUT2D eigenvalue weighted by molar-refractivity contribution is 0.654. The van der Waals surface area contributed by atoms with Gasteiger partial charge in [-0.25, -0.2) is 0 Å². The Morgan fingerprint density at radius 1 is 0.824 bits per heavy atom. The van der Waals surface area contributed by atoms with E-state index in [1.807, 2.05) is 20.8 Å². The molecule has 0 heterocycles. The molecule has 0 bridgehead atoms. The molecule has 0 fully saturated rings. The molecule has 0 rings (SSSR count). The molecule has 100 valence electrons. The van der Waals surface area contributed by atoms with Crippen molar-refractivity contribution in [2.24, 2.45) is 0 Å². The highest BCUT2D eigenvalue weighted by molar-refractivity contribution is 5.23. The van der Waals surface area contributed by atoms with Crippen molar-refractivity contribution in [1.29, 1.82) is 0 Å². The van der Waals surface area contributed by atoms with Gasteiger partial charge in [0.1, 0.15) is 0 Å². The molecule has 0 nitrogen and oxygen atoms in total. The average molecular weight is 236 g/mol. The van der Waals surface area contributed by atoms with Crippen molar-refractivity contribution in [2.45, 2.75) is 72.6 Å². The van der Waals surface area contributed by atoms with Gasteiger partial charge in [-0.3, -0.25) is 0 Å². The summed E-state index contributed by atoms with van der Waals surface area (Å²) in [7, 11) is 0. The molecule has 0 radical (unpaired) electrons. The summed E-state index contributed by atoms with van der Waals surface area (Å²) in [6, 6.07) is 0. The highest BCUT2D eigenvalue weighted by Gasteiger charge is 1.98. The molecule has 0 N–H and O–H groups in total. The lowest BCUT2D eigenvalue weighted by Crippen LogP contribution is -1.87. The zero-order chi connectivity index (χ0) is 13.7. The molecular formula is C17H32.